The van der Waals surface area contributed by atoms with Crippen molar-refractivity contribution >= 4 is 35.3 Å². The minimum atomic E-state index is -1.01. The first-order valence-corrected chi connectivity index (χ1v) is 21.5. The van der Waals surface area contributed by atoms with E-state index in [2.05, 4.69) is 17.6 Å². The number of hydrogen-bond acceptors (Lipinski definition) is 17. The highest BCUT2D eigenvalue weighted by atomic mass is 16.6. The molecule has 4 amide bonds. The van der Waals surface area contributed by atoms with Gasteiger partial charge in [0, 0.05) is 25.1 Å². The van der Waals surface area contributed by atoms with E-state index in [1.807, 2.05) is 0 Å². The molecule has 1 atom stereocenters. The maximum absolute atomic E-state index is 13.2. The number of carbonyl (C=O) groups excluding carboxylic acids is 5. The molecular formula is C42H67N3O16. The average molecular weight is 870 g/mol. The van der Waals surface area contributed by atoms with Gasteiger partial charge in [0.1, 0.15) is 12.6 Å². The van der Waals surface area contributed by atoms with E-state index in [0.717, 1.165) is 30.6 Å². The lowest BCUT2D eigenvalue weighted by atomic mass is 10.0. The molecule has 19 heteroatoms. The Morgan fingerprint density at radius 1 is 0.607 bits per heavy atom. The van der Waals surface area contributed by atoms with Gasteiger partial charge in [-0.2, -0.15) is 0 Å². The van der Waals surface area contributed by atoms with Crippen molar-refractivity contribution in [2.75, 3.05) is 151 Å². The molecule has 61 heavy (non-hydrogen) atoms. The third-order valence-electron chi connectivity index (χ3n) is 9.10. The molecule has 3 rings (SSSR count). The number of anilines is 1. The molecule has 1 fully saturated rings. The molecule has 1 saturated heterocycles. The fourth-order valence-corrected chi connectivity index (χ4v) is 5.98. The Bertz CT molecular complexity index is 1400. The minimum Gasteiger partial charge on any atom is -0.463 e. The van der Waals surface area contributed by atoms with Crippen molar-refractivity contribution in [2.24, 2.45) is 0 Å². The Hall–Kier alpha value is -3.63. The number of carbonyl (C=O) groups is 5. The second-order valence-corrected chi connectivity index (χ2v) is 13.8. The van der Waals surface area contributed by atoms with E-state index >= 15 is 0 Å². The van der Waals surface area contributed by atoms with Crippen LogP contribution in [0.5, 0.6) is 0 Å². The number of imide groups is 2. The molecule has 2 heterocycles. The van der Waals surface area contributed by atoms with Gasteiger partial charge in [0.15, 0.2) is 0 Å². The molecule has 2 aliphatic heterocycles. The maximum Gasteiger partial charge on any atom is 0.305 e. The molecule has 0 bridgehead atoms. The molecule has 1 aromatic carbocycles. The summed E-state index contributed by atoms with van der Waals surface area (Å²) in [4.78, 5) is 62.5. The van der Waals surface area contributed by atoms with Crippen molar-refractivity contribution < 1.29 is 76.1 Å². The first kappa shape index (κ1) is 51.7. The van der Waals surface area contributed by atoms with E-state index in [0.29, 0.717) is 151 Å². The molecule has 0 spiro atoms. The molecular weight excluding hydrogens is 802 g/mol. The van der Waals surface area contributed by atoms with E-state index in [-0.39, 0.29) is 36.5 Å². The van der Waals surface area contributed by atoms with Crippen LogP contribution < -0.4 is 10.6 Å². The van der Waals surface area contributed by atoms with Gasteiger partial charge in [-0.15, -0.1) is 0 Å². The quantitative estimate of drug-likeness (QED) is 0.0549. The highest BCUT2D eigenvalue weighted by molar-refractivity contribution is 6.25. The first-order valence-electron chi connectivity index (χ1n) is 21.5. The number of fused-ring (bicyclic) bond motifs is 1. The predicted octanol–water partition coefficient (Wildman–Crippen LogP) is 2.18. The highest BCUT2D eigenvalue weighted by Gasteiger charge is 2.45. The van der Waals surface area contributed by atoms with Gasteiger partial charge in [-0.05, 0) is 25.0 Å². The highest BCUT2D eigenvalue weighted by Crippen LogP contribution is 2.32. The number of nitrogens with one attached hydrogen (secondary N) is 2. The summed E-state index contributed by atoms with van der Waals surface area (Å²) in [7, 11) is 0. The number of hydrogen-bond donors (Lipinski definition) is 2. The van der Waals surface area contributed by atoms with Crippen LogP contribution in [0.25, 0.3) is 0 Å². The Morgan fingerprint density at radius 3 is 1.52 bits per heavy atom. The van der Waals surface area contributed by atoms with Crippen LogP contribution in [-0.4, -0.2) is 186 Å². The summed E-state index contributed by atoms with van der Waals surface area (Å²) in [6.45, 7) is 11.5. The molecule has 1 aromatic rings. The van der Waals surface area contributed by atoms with Crippen LogP contribution in [0, 0.1) is 0 Å². The van der Waals surface area contributed by atoms with Crippen LogP contribution in [0.4, 0.5) is 5.69 Å². The number of ether oxygens (including phenoxy) is 11. The summed E-state index contributed by atoms with van der Waals surface area (Å²) in [5.74, 6) is -2.34. The Kier molecular flexibility index (Phi) is 28.8. The molecule has 0 saturated carbocycles. The molecule has 2 N–H and O–H groups in total. The fraction of sp³-hybridized carbons (Fsp3) is 0.738. The minimum absolute atomic E-state index is 0.0627. The smallest absolute Gasteiger partial charge is 0.305 e. The van der Waals surface area contributed by atoms with Crippen molar-refractivity contribution in [3.8, 4) is 0 Å². The molecule has 19 nitrogen and oxygen atoms in total. The topological polar surface area (TPSA) is 214 Å². The van der Waals surface area contributed by atoms with Crippen LogP contribution in [0.2, 0.25) is 0 Å². The average Bonchev–Trinajstić information content (AvgIpc) is 3.51. The van der Waals surface area contributed by atoms with Gasteiger partial charge >= 0.3 is 5.97 Å². The molecule has 0 radical (unpaired) electrons. The first-order chi connectivity index (χ1) is 29.9. The van der Waals surface area contributed by atoms with Crippen LogP contribution in [0.3, 0.4) is 0 Å². The van der Waals surface area contributed by atoms with Crippen LogP contribution in [-0.2, 0) is 66.5 Å². The van der Waals surface area contributed by atoms with Crippen molar-refractivity contribution in [2.45, 2.75) is 57.9 Å². The fourth-order valence-electron chi connectivity index (χ4n) is 5.98. The zero-order chi connectivity index (χ0) is 43.6. The summed E-state index contributed by atoms with van der Waals surface area (Å²) in [5, 5.41) is 5.33. The molecule has 1 unspecified atom stereocenters. The Morgan fingerprint density at radius 2 is 1.07 bits per heavy atom. The number of nitrogens with zero attached hydrogens (tertiary/aromatic N) is 1. The summed E-state index contributed by atoms with van der Waals surface area (Å²) in [5.41, 5.74) is 0.898. The van der Waals surface area contributed by atoms with E-state index in [4.69, 9.17) is 52.1 Å². The number of rotatable bonds is 40. The second-order valence-electron chi connectivity index (χ2n) is 13.8. The maximum atomic E-state index is 13.2. The number of esters is 1. The van der Waals surface area contributed by atoms with E-state index in [9.17, 15) is 24.0 Å². The van der Waals surface area contributed by atoms with Crippen molar-refractivity contribution in [3.63, 3.8) is 0 Å². The van der Waals surface area contributed by atoms with Gasteiger partial charge in [-0.3, -0.25) is 34.2 Å². The Labute approximate surface area is 358 Å². The number of unbranched alkanes of at least 4 members (excludes halogenated alkanes) is 3. The van der Waals surface area contributed by atoms with E-state index in [1.165, 1.54) is 0 Å². The van der Waals surface area contributed by atoms with Gasteiger partial charge in [-0.25, -0.2) is 0 Å². The van der Waals surface area contributed by atoms with Crippen LogP contribution >= 0.6 is 0 Å². The summed E-state index contributed by atoms with van der Waals surface area (Å²) in [6.07, 6.45) is 4.86. The van der Waals surface area contributed by atoms with Crippen LogP contribution in [0.15, 0.2) is 18.2 Å². The zero-order valence-corrected chi connectivity index (χ0v) is 35.8. The number of amides is 4. The lowest BCUT2D eigenvalue weighted by Gasteiger charge is -2.27. The van der Waals surface area contributed by atoms with Crippen molar-refractivity contribution in [1.82, 2.24) is 10.2 Å². The SMILES string of the molecule is CCCCCCC(=O)OCCOCCOCCOCCOCCOCCOCCOCCOCCOCCOCCNc1cccc2c1C(=O)N(C1CCC(=O)NC1=O)C2=O. The lowest BCUT2D eigenvalue weighted by Crippen LogP contribution is -2.54. The lowest BCUT2D eigenvalue weighted by molar-refractivity contribution is -0.145. The van der Waals surface area contributed by atoms with Crippen LogP contribution in [0.1, 0.15) is 72.6 Å². The second kappa shape index (κ2) is 33.9. The Balaban J connectivity index is 0.977. The van der Waals surface area contributed by atoms with Gasteiger partial charge in [0.2, 0.25) is 11.8 Å². The monoisotopic (exact) mass is 869 g/mol. The predicted molar refractivity (Wildman–Crippen MR) is 220 cm³/mol. The van der Waals surface area contributed by atoms with Gasteiger partial charge in [0.05, 0.1) is 143 Å². The van der Waals surface area contributed by atoms with Gasteiger partial charge in [-0.1, -0.05) is 32.3 Å². The van der Waals surface area contributed by atoms with Crippen molar-refractivity contribution in [1.29, 1.82) is 0 Å². The normalized spacial score (nSPS) is 15.1. The van der Waals surface area contributed by atoms with Crippen molar-refractivity contribution in [3.05, 3.63) is 29.3 Å². The number of piperidine rings is 1. The third-order valence-corrected chi connectivity index (χ3v) is 9.10. The van der Waals surface area contributed by atoms with Gasteiger partial charge in [0.25, 0.3) is 11.8 Å². The molecule has 2 aliphatic rings. The standard InChI is InChI=1S/C42H67N3O16/c1-2-3-4-5-9-38(47)61-33-32-60-31-30-59-29-28-58-27-26-57-25-24-56-23-22-55-21-20-54-19-18-53-17-16-52-15-14-51-13-12-43-35-8-6-7-34-39(35)42(50)45(41(34)49)36-10-11-37(46)44-40(36)48/h6-8,36,43H,2-5,9-33H2,1H3,(H,44,46,48). The largest absolute Gasteiger partial charge is 0.463 e. The molecule has 0 aliphatic carbocycles. The zero-order valence-electron chi connectivity index (χ0n) is 35.8. The number of benzene rings is 1. The summed E-state index contributed by atoms with van der Waals surface area (Å²) in [6, 6.07) is 3.89. The van der Waals surface area contributed by atoms with Gasteiger partial charge < -0.3 is 57.4 Å². The summed E-state index contributed by atoms with van der Waals surface area (Å²) >= 11 is 0. The van der Waals surface area contributed by atoms with E-state index < -0.39 is 29.7 Å². The molecule has 0 aromatic heterocycles. The van der Waals surface area contributed by atoms with E-state index in [1.54, 1.807) is 18.2 Å². The third kappa shape index (κ3) is 22.3. The summed E-state index contributed by atoms with van der Waals surface area (Å²) < 4.78 is 60.1. The molecule has 346 valence electrons.